The summed E-state index contributed by atoms with van der Waals surface area (Å²) in [5.41, 5.74) is 3.04. The molecule has 54 valence electrons. The summed E-state index contributed by atoms with van der Waals surface area (Å²) < 4.78 is 0. The summed E-state index contributed by atoms with van der Waals surface area (Å²) in [7, 11) is 0. The largest absolute Gasteiger partial charge is 0.324 e. The highest BCUT2D eigenvalue weighted by Gasteiger charge is 1.95. The van der Waals surface area contributed by atoms with Crippen molar-refractivity contribution < 1.29 is 0 Å². The lowest BCUT2D eigenvalue weighted by molar-refractivity contribution is 1.28. The lowest BCUT2D eigenvalue weighted by atomic mass is 10.4. The van der Waals surface area contributed by atoms with Crippen LogP contribution in [0.3, 0.4) is 0 Å². The van der Waals surface area contributed by atoms with E-state index in [1.165, 1.54) is 0 Å². The van der Waals surface area contributed by atoms with E-state index < -0.39 is 0 Å². The second-order valence-corrected chi connectivity index (χ2v) is 2.42. The fourth-order valence-electron chi connectivity index (χ4n) is 0.548. The monoisotopic (exact) mass is 177 g/mol. The van der Waals surface area contributed by atoms with Crippen LogP contribution >= 0.6 is 23.2 Å². The van der Waals surface area contributed by atoms with Crippen LogP contribution < -0.4 is 11.3 Å². The van der Waals surface area contributed by atoms with Gasteiger partial charge in [-0.05, 0) is 0 Å². The lowest BCUT2D eigenvalue weighted by Gasteiger charge is -1.98. The Kier molecular flexibility index (Phi) is 2.32. The first-order chi connectivity index (χ1) is 4.72. The number of nitrogens with zero attached hydrogens (tertiary/aromatic N) is 1. The second-order valence-electron chi connectivity index (χ2n) is 1.65. The SMILES string of the molecule is NNc1cc(Cl)nc(Cl)c1. The third kappa shape index (κ3) is 1.73. The van der Waals surface area contributed by atoms with Crippen molar-refractivity contribution >= 4 is 28.9 Å². The molecule has 10 heavy (non-hydrogen) atoms. The molecule has 1 heterocycles. The molecule has 0 saturated carbocycles. The van der Waals surface area contributed by atoms with Gasteiger partial charge in [-0.2, -0.15) is 0 Å². The van der Waals surface area contributed by atoms with Crippen LogP contribution in [0.4, 0.5) is 5.69 Å². The summed E-state index contributed by atoms with van der Waals surface area (Å²) in [5.74, 6) is 5.09. The quantitative estimate of drug-likeness (QED) is 0.390. The number of halogens is 2. The van der Waals surface area contributed by atoms with Crippen LogP contribution in [0.2, 0.25) is 10.3 Å². The maximum absolute atomic E-state index is 5.54. The Hall–Kier alpha value is -0.510. The molecule has 1 aromatic heterocycles. The van der Waals surface area contributed by atoms with Crippen molar-refractivity contribution in [1.82, 2.24) is 4.98 Å². The first-order valence-corrected chi connectivity index (χ1v) is 3.27. The molecular formula is C5H5Cl2N3. The first-order valence-electron chi connectivity index (χ1n) is 2.52. The van der Waals surface area contributed by atoms with Gasteiger partial charge in [0.15, 0.2) is 0 Å². The Balaban J connectivity index is 3.06. The number of anilines is 1. The number of pyridine rings is 1. The van der Waals surface area contributed by atoms with Crippen LogP contribution in [0.25, 0.3) is 0 Å². The highest BCUT2D eigenvalue weighted by atomic mass is 35.5. The van der Waals surface area contributed by atoms with Crippen molar-refractivity contribution in [2.75, 3.05) is 5.43 Å². The maximum atomic E-state index is 5.54. The number of aromatic nitrogens is 1. The van der Waals surface area contributed by atoms with E-state index in [2.05, 4.69) is 10.4 Å². The van der Waals surface area contributed by atoms with E-state index >= 15 is 0 Å². The van der Waals surface area contributed by atoms with Crippen molar-refractivity contribution in [2.24, 2.45) is 5.84 Å². The summed E-state index contributed by atoms with van der Waals surface area (Å²) >= 11 is 11.1. The molecule has 0 spiro atoms. The van der Waals surface area contributed by atoms with Crippen molar-refractivity contribution in [1.29, 1.82) is 0 Å². The fourth-order valence-corrected chi connectivity index (χ4v) is 1.01. The van der Waals surface area contributed by atoms with Crippen LogP contribution in [-0.4, -0.2) is 4.98 Å². The number of rotatable bonds is 1. The number of hydrogen-bond acceptors (Lipinski definition) is 3. The zero-order valence-electron chi connectivity index (χ0n) is 4.94. The van der Waals surface area contributed by atoms with Crippen LogP contribution in [0.1, 0.15) is 0 Å². The smallest absolute Gasteiger partial charge is 0.132 e. The van der Waals surface area contributed by atoms with Crippen LogP contribution in [0, 0.1) is 0 Å². The molecule has 5 heteroatoms. The topological polar surface area (TPSA) is 50.9 Å². The summed E-state index contributed by atoms with van der Waals surface area (Å²) in [6.07, 6.45) is 0. The summed E-state index contributed by atoms with van der Waals surface area (Å²) in [6, 6.07) is 3.15. The Morgan fingerprint density at radius 2 is 1.80 bits per heavy atom. The molecule has 0 saturated heterocycles. The molecule has 0 aliphatic rings. The van der Waals surface area contributed by atoms with E-state index in [0.717, 1.165) is 0 Å². The van der Waals surface area contributed by atoms with E-state index in [9.17, 15) is 0 Å². The molecule has 0 atom stereocenters. The summed E-state index contributed by atoms with van der Waals surface area (Å²) in [6.45, 7) is 0. The normalized spacial score (nSPS) is 9.50. The van der Waals surface area contributed by atoms with E-state index in [1.807, 2.05) is 0 Å². The van der Waals surface area contributed by atoms with Crippen LogP contribution in [0.15, 0.2) is 12.1 Å². The van der Waals surface area contributed by atoms with Gasteiger partial charge in [0.25, 0.3) is 0 Å². The van der Waals surface area contributed by atoms with E-state index in [4.69, 9.17) is 29.0 Å². The minimum atomic E-state index is 0.320. The molecule has 3 nitrogen and oxygen atoms in total. The molecule has 0 aromatic carbocycles. The van der Waals surface area contributed by atoms with Gasteiger partial charge >= 0.3 is 0 Å². The molecule has 0 aliphatic heterocycles. The zero-order valence-corrected chi connectivity index (χ0v) is 6.45. The molecule has 1 rings (SSSR count). The lowest BCUT2D eigenvalue weighted by Crippen LogP contribution is -2.06. The molecule has 0 unspecified atom stereocenters. The van der Waals surface area contributed by atoms with Gasteiger partial charge in [0.2, 0.25) is 0 Å². The molecular weight excluding hydrogens is 173 g/mol. The van der Waals surface area contributed by atoms with Crippen molar-refractivity contribution in [2.45, 2.75) is 0 Å². The molecule has 0 amide bonds. The van der Waals surface area contributed by atoms with Crippen molar-refractivity contribution in [3.05, 3.63) is 22.4 Å². The predicted octanol–water partition coefficient (Wildman–Crippen LogP) is 1.67. The van der Waals surface area contributed by atoms with Crippen molar-refractivity contribution in [3.8, 4) is 0 Å². The maximum Gasteiger partial charge on any atom is 0.132 e. The van der Waals surface area contributed by atoms with Gasteiger partial charge in [0, 0.05) is 12.1 Å². The average Bonchev–Trinajstić information content (AvgIpc) is 1.85. The van der Waals surface area contributed by atoms with Crippen LogP contribution in [-0.2, 0) is 0 Å². The minimum Gasteiger partial charge on any atom is -0.324 e. The highest BCUT2D eigenvalue weighted by Crippen LogP contribution is 2.17. The number of hydrogen-bond donors (Lipinski definition) is 2. The molecule has 0 radical (unpaired) electrons. The van der Waals surface area contributed by atoms with E-state index in [1.54, 1.807) is 12.1 Å². The zero-order chi connectivity index (χ0) is 7.56. The second kappa shape index (κ2) is 3.05. The molecule has 0 aliphatic carbocycles. The summed E-state index contributed by atoms with van der Waals surface area (Å²) in [4.78, 5) is 3.72. The molecule has 3 N–H and O–H groups in total. The van der Waals surface area contributed by atoms with Gasteiger partial charge in [-0.3, -0.25) is 5.84 Å². The predicted molar refractivity (Wildman–Crippen MR) is 42.1 cm³/mol. The Morgan fingerprint density at radius 1 is 1.30 bits per heavy atom. The number of nitrogen functional groups attached to an aromatic ring is 1. The van der Waals surface area contributed by atoms with Crippen LogP contribution in [0.5, 0.6) is 0 Å². The van der Waals surface area contributed by atoms with Gasteiger partial charge in [-0.1, -0.05) is 23.2 Å². The molecule has 0 fully saturated rings. The number of hydrazine groups is 1. The third-order valence-corrected chi connectivity index (χ3v) is 1.32. The fraction of sp³-hybridized carbons (Fsp3) is 0. The minimum absolute atomic E-state index is 0.320. The molecule has 0 bridgehead atoms. The molecule has 1 aromatic rings. The number of nitrogens with one attached hydrogen (secondary N) is 1. The first kappa shape index (κ1) is 7.60. The van der Waals surface area contributed by atoms with Gasteiger partial charge in [-0.15, -0.1) is 0 Å². The van der Waals surface area contributed by atoms with E-state index in [-0.39, 0.29) is 0 Å². The standard InChI is InChI=1S/C5H5Cl2N3/c6-4-1-3(10-8)2-5(7)9-4/h1-2H,8H2,(H,9,10). The highest BCUT2D eigenvalue weighted by molar-refractivity contribution is 6.32. The Labute approximate surface area is 68.1 Å². The Morgan fingerprint density at radius 3 is 2.20 bits per heavy atom. The Bertz CT molecular complexity index is 218. The van der Waals surface area contributed by atoms with Gasteiger partial charge in [0.1, 0.15) is 10.3 Å². The van der Waals surface area contributed by atoms with Gasteiger partial charge < -0.3 is 5.43 Å². The number of nitrogens with two attached hydrogens (primary N) is 1. The average molecular weight is 178 g/mol. The van der Waals surface area contributed by atoms with Crippen molar-refractivity contribution in [3.63, 3.8) is 0 Å². The van der Waals surface area contributed by atoms with Gasteiger partial charge in [0.05, 0.1) is 5.69 Å². The third-order valence-electron chi connectivity index (χ3n) is 0.929. The van der Waals surface area contributed by atoms with E-state index in [0.29, 0.717) is 16.0 Å². The summed E-state index contributed by atoms with van der Waals surface area (Å²) in [5, 5.41) is 0.640. The van der Waals surface area contributed by atoms with Gasteiger partial charge in [-0.25, -0.2) is 4.98 Å².